The van der Waals surface area contributed by atoms with E-state index in [2.05, 4.69) is 158 Å². The zero-order chi connectivity index (χ0) is 30.6. The first-order valence-corrected chi connectivity index (χ1v) is 16.2. The van der Waals surface area contributed by atoms with Gasteiger partial charge in [-0.05, 0) is 112 Å². The molecule has 0 bridgehead atoms. The normalized spacial score (nSPS) is 12.3. The lowest BCUT2D eigenvalue weighted by atomic mass is 9.88. The average Bonchev–Trinajstić information content (AvgIpc) is 3.49. The van der Waals surface area contributed by atoms with Gasteiger partial charge >= 0.3 is 0 Å². The van der Waals surface area contributed by atoms with Crippen LogP contribution in [0.1, 0.15) is 0 Å². The van der Waals surface area contributed by atoms with E-state index in [0.29, 0.717) is 0 Å². The molecular weight excluding hydrogens is 569 g/mol. The molecule has 47 heavy (non-hydrogen) atoms. The fourth-order valence-electron chi connectivity index (χ4n) is 8.09. The standard InChI is InChI=1S/C46H26O/c1-2-8-33-26-43-41(22-32(33)7-1)42-25-35(37-20-18-31-16-15-29-9-5-10-30-19-21-38(37)45(31)44(29)30)24-40(46(42)47-43)34-17-14-28-13-12-27-6-3-4-11-36(27)39(28)23-34/h1-26H. The SMILES string of the molecule is c1ccc2cc3c(cc2c1)oc1c(-c2ccc4ccc5ccccc5c4c2)cc(-c2ccc4ccc5cccc6ccc2c4c56)cc13. The second kappa shape index (κ2) is 9.19. The summed E-state index contributed by atoms with van der Waals surface area (Å²) in [7, 11) is 0. The molecule has 0 amide bonds. The van der Waals surface area contributed by atoms with Crippen molar-refractivity contribution in [3.63, 3.8) is 0 Å². The highest BCUT2D eigenvalue weighted by Crippen LogP contribution is 2.45. The van der Waals surface area contributed by atoms with Crippen LogP contribution in [0.2, 0.25) is 0 Å². The first-order valence-electron chi connectivity index (χ1n) is 16.2. The third-order valence-corrected chi connectivity index (χ3v) is 10.3. The van der Waals surface area contributed by atoms with E-state index in [1.807, 2.05) is 0 Å². The van der Waals surface area contributed by atoms with Gasteiger partial charge in [0.2, 0.25) is 0 Å². The van der Waals surface area contributed by atoms with Gasteiger partial charge in [-0.15, -0.1) is 0 Å². The molecule has 0 N–H and O–H groups in total. The van der Waals surface area contributed by atoms with E-state index in [-0.39, 0.29) is 0 Å². The van der Waals surface area contributed by atoms with E-state index in [1.165, 1.54) is 75.8 Å². The first kappa shape index (κ1) is 25.1. The largest absolute Gasteiger partial charge is 0.455 e. The second-order valence-corrected chi connectivity index (χ2v) is 12.9. The predicted molar refractivity (Wildman–Crippen MR) is 201 cm³/mol. The molecule has 0 unspecified atom stereocenters. The van der Waals surface area contributed by atoms with Crippen LogP contribution in [0.15, 0.2) is 162 Å². The van der Waals surface area contributed by atoms with E-state index < -0.39 is 0 Å². The highest BCUT2D eigenvalue weighted by molar-refractivity contribution is 6.26. The summed E-state index contributed by atoms with van der Waals surface area (Å²) in [5, 5.41) is 17.5. The van der Waals surface area contributed by atoms with Crippen LogP contribution in [-0.2, 0) is 0 Å². The van der Waals surface area contributed by atoms with Crippen LogP contribution in [0.3, 0.4) is 0 Å². The maximum absolute atomic E-state index is 6.82. The Bertz CT molecular complexity index is 3050. The number of hydrogen-bond donors (Lipinski definition) is 0. The molecule has 0 atom stereocenters. The van der Waals surface area contributed by atoms with Crippen molar-refractivity contribution in [2.24, 2.45) is 0 Å². The van der Waals surface area contributed by atoms with Crippen LogP contribution in [-0.4, -0.2) is 0 Å². The van der Waals surface area contributed by atoms with Crippen molar-refractivity contribution in [2.75, 3.05) is 0 Å². The van der Waals surface area contributed by atoms with Crippen LogP contribution in [0, 0.1) is 0 Å². The quantitative estimate of drug-likeness (QED) is 0.182. The molecule has 0 aliphatic carbocycles. The molecule has 0 aliphatic rings. The molecule has 11 aromatic rings. The molecule has 1 heterocycles. The smallest absolute Gasteiger partial charge is 0.143 e. The third-order valence-electron chi connectivity index (χ3n) is 10.3. The molecule has 11 rings (SSSR count). The van der Waals surface area contributed by atoms with Crippen molar-refractivity contribution in [2.45, 2.75) is 0 Å². The maximum atomic E-state index is 6.82. The van der Waals surface area contributed by atoms with Crippen molar-refractivity contribution >= 4 is 86.6 Å². The molecule has 0 fully saturated rings. The average molecular weight is 595 g/mol. The Morgan fingerprint density at radius 2 is 0.915 bits per heavy atom. The van der Waals surface area contributed by atoms with Crippen molar-refractivity contribution < 1.29 is 4.42 Å². The number of fused-ring (bicyclic) bond motifs is 7. The zero-order valence-electron chi connectivity index (χ0n) is 25.4. The molecule has 1 nitrogen and oxygen atoms in total. The van der Waals surface area contributed by atoms with Crippen molar-refractivity contribution in [3.8, 4) is 22.3 Å². The third kappa shape index (κ3) is 3.54. The predicted octanol–water partition coefficient (Wildman–Crippen LogP) is 13.3. The molecule has 10 aromatic carbocycles. The van der Waals surface area contributed by atoms with E-state index in [1.54, 1.807) is 0 Å². The van der Waals surface area contributed by atoms with Crippen molar-refractivity contribution in [3.05, 3.63) is 158 Å². The summed E-state index contributed by atoms with van der Waals surface area (Å²) in [6.07, 6.45) is 0. The number of benzene rings is 10. The number of furan rings is 1. The van der Waals surface area contributed by atoms with Gasteiger partial charge in [0.15, 0.2) is 0 Å². The van der Waals surface area contributed by atoms with Crippen molar-refractivity contribution in [1.29, 1.82) is 0 Å². The van der Waals surface area contributed by atoms with Gasteiger partial charge in [0, 0.05) is 16.3 Å². The van der Waals surface area contributed by atoms with Crippen LogP contribution < -0.4 is 0 Å². The summed E-state index contributed by atoms with van der Waals surface area (Å²) in [5.41, 5.74) is 6.54. The Morgan fingerprint density at radius 1 is 0.298 bits per heavy atom. The van der Waals surface area contributed by atoms with E-state index in [9.17, 15) is 0 Å². The molecule has 0 aliphatic heterocycles. The lowest BCUT2D eigenvalue weighted by Crippen LogP contribution is -1.89. The molecule has 1 aromatic heterocycles. The fraction of sp³-hybridized carbons (Fsp3) is 0. The minimum absolute atomic E-state index is 0.915. The summed E-state index contributed by atoms with van der Waals surface area (Å²) in [6, 6.07) is 58.0. The van der Waals surface area contributed by atoms with Gasteiger partial charge in [-0.1, -0.05) is 127 Å². The Balaban J connectivity index is 1.26. The Hall–Kier alpha value is -6.18. The summed E-state index contributed by atoms with van der Waals surface area (Å²) < 4.78 is 6.82. The monoisotopic (exact) mass is 594 g/mol. The van der Waals surface area contributed by atoms with Gasteiger partial charge in [0.1, 0.15) is 11.2 Å². The maximum Gasteiger partial charge on any atom is 0.143 e. The topological polar surface area (TPSA) is 13.1 Å². The van der Waals surface area contributed by atoms with E-state index in [0.717, 1.165) is 33.1 Å². The Kier molecular flexibility index (Phi) is 4.90. The minimum Gasteiger partial charge on any atom is -0.455 e. The molecule has 0 spiro atoms. The molecule has 0 radical (unpaired) electrons. The molecular formula is C46H26O. The van der Waals surface area contributed by atoms with Crippen LogP contribution >= 0.6 is 0 Å². The Morgan fingerprint density at radius 3 is 1.77 bits per heavy atom. The van der Waals surface area contributed by atoms with Crippen LogP contribution in [0.25, 0.3) is 109 Å². The van der Waals surface area contributed by atoms with Crippen LogP contribution in [0.5, 0.6) is 0 Å². The molecule has 216 valence electrons. The summed E-state index contributed by atoms with van der Waals surface area (Å²) in [5.74, 6) is 0. The van der Waals surface area contributed by atoms with Crippen molar-refractivity contribution in [1.82, 2.24) is 0 Å². The van der Waals surface area contributed by atoms with Crippen LogP contribution in [0.4, 0.5) is 0 Å². The molecule has 0 saturated heterocycles. The number of hydrogen-bond acceptors (Lipinski definition) is 1. The van der Waals surface area contributed by atoms with Gasteiger partial charge in [-0.3, -0.25) is 0 Å². The highest BCUT2D eigenvalue weighted by Gasteiger charge is 2.19. The lowest BCUT2D eigenvalue weighted by Gasteiger charge is -2.15. The minimum atomic E-state index is 0.915. The first-order chi connectivity index (χ1) is 23.3. The lowest BCUT2D eigenvalue weighted by molar-refractivity contribution is 0.670. The van der Waals surface area contributed by atoms with Gasteiger partial charge in [-0.2, -0.15) is 0 Å². The van der Waals surface area contributed by atoms with E-state index in [4.69, 9.17) is 4.42 Å². The van der Waals surface area contributed by atoms with Gasteiger partial charge in [0.25, 0.3) is 0 Å². The van der Waals surface area contributed by atoms with Gasteiger partial charge < -0.3 is 4.42 Å². The summed E-state index contributed by atoms with van der Waals surface area (Å²) >= 11 is 0. The fourth-order valence-corrected chi connectivity index (χ4v) is 8.09. The summed E-state index contributed by atoms with van der Waals surface area (Å²) in [4.78, 5) is 0. The van der Waals surface area contributed by atoms with E-state index >= 15 is 0 Å². The zero-order valence-corrected chi connectivity index (χ0v) is 25.4. The Labute approximate surface area is 270 Å². The van der Waals surface area contributed by atoms with Gasteiger partial charge in [-0.25, -0.2) is 0 Å². The number of rotatable bonds is 2. The molecule has 1 heteroatoms. The molecule has 0 saturated carbocycles. The highest BCUT2D eigenvalue weighted by atomic mass is 16.3. The summed E-state index contributed by atoms with van der Waals surface area (Å²) in [6.45, 7) is 0. The second-order valence-electron chi connectivity index (χ2n) is 12.9. The van der Waals surface area contributed by atoms with Gasteiger partial charge in [0.05, 0.1) is 0 Å².